The smallest absolute Gasteiger partial charge is 0.462 e. The Morgan fingerprint density at radius 1 is 0.641 bits per heavy atom. The largest absolute Gasteiger partial charge is 0.469 e. The van der Waals surface area contributed by atoms with Crippen LogP contribution in [0.1, 0.15) is 149 Å². The molecule has 0 aromatic heterocycles. The molecule has 230 valence electrons. The zero-order valence-electron chi connectivity index (χ0n) is 24.8. The molecule has 1 atom stereocenters. The number of ether oxygens (including phenoxy) is 2. The van der Waals surface area contributed by atoms with Crippen LogP contribution in [0.3, 0.4) is 0 Å². The Balaban J connectivity index is 3.76. The molecule has 9 heteroatoms. The fourth-order valence-electron chi connectivity index (χ4n) is 4.17. The average Bonchev–Trinajstić information content (AvgIpc) is 2.89. The summed E-state index contributed by atoms with van der Waals surface area (Å²) < 4.78 is 25.7. The van der Waals surface area contributed by atoms with Crippen molar-refractivity contribution in [3.63, 3.8) is 0 Å². The first-order chi connectivity index (χ1) is 18.8. The highest BCUT2D eigenvalue weighted by Crippen LogP contribution is 2.35. The van der Waals surface area contributed by atoms with Gasteiger partial charge in [0.25, 0.3) is 0 Å². The third-order valence-corrected chi connectivity index (χ3v) is 7.02. The van der Waals surface area contributed by atoms with E-state index in [1.165, 1.54) is 83.5 Å². The molecule has 0 spiro atoms. The Kier molecular flexibility index (Phi) is 26.1. The lowest BCUT2D eigenvalue weighted by atomic mass is 10.1. The number of carbonyl (C=O) groups is 2. The third-order valence-electron chi connectivity index (χ3n) is 6.53. The van der Waals surface area contributed by atoms with Crippen molar-refractivity contribution in [2.24, 2.45) is 0 Å². The first kappa shape index (κ1) is 37.8. The van der Waals surface area contributed by atoms with Crippen LogP contribution < -0.4 is 0 Å². The molecule has 0 aromatic carbocycles. The average molecular weight is 577 g/mol. The van der Waals surface area contributed by atoms with Gasteiger partial charge in [-0.3, -0.25) is 14.1 Å². The van der Waals surface area contributed by atoms with Crippen molar-refractivity contribution in [3.05, 3.63) is 12.2 Å². The monoisotopic (exact) mass is 576 g/mol. The molecule has 0 heterocycles. The van der Waals surface area contributed by atoms with Gasteiger partial charge in [0.15, 0.2) is 6.10 Å². The summed E-state index contributed by atoms with van der Waals surface area (Å²) in [7, 11) is -4.72. The molecule has 1 unspecified atom stereocenters. The summed E-state index contributed by atoms with van der Waals surface area (Å²) in [4.78, 5) is 41.7. The van der Waals surface area contributed by atoms with Crippen molar-refractivity contribution >= 4 is 19.8 Å². The summed E-state index contributed by atoms with van der Waals surface area (Å²) in [6.45, 7) is 3.38. The lowest BCUT2D eigenvalue weighted by Gasteiger charge is -2.18. The Morgan fingerprint density at radius 2 is 1.10 bits per heavy atom. The highest BCUT2D eigenvalue weighted by Gasteiger charge is 2.22. The minimum absolute atomic E-state index is 0.211. The second kappa shape index (κ2) is 27.0. The number of esters is 2. The molecule has 0 saturated heterocycles. The molecule has 0 aliphatic rings. The van der Waals surface area contributed by atoms with Crippen LogP contribution in [0.25, 0.3) is 0 Å². The summed E-state index contributed by atoms with van der Waals surface area (Å²) in [5.74, 6) is -0.926. The van der Waals surface area contributed by atoms with E-state index in [4.69, 9.17) is 19.3 Å². The zero-order valence-corrected chi connectivity index (χ0v) is 25.7. The van der Waals surface area contributed by atoms with Crippen LogP contribution in [-0.2, 0) is 28.2 Å². The molecule has 39 heavy (non-hydrogen) atoms. The predicted molar refractivity (Wildman–Crippen MR) is 156 cm³/mol. The van der Waals surface area contributed by atoms with Gasteiger partial charge in [0.05, 0.1) is 6.61 Å². The van der Waals surface area contributed by atoms with Gasteiger partial charge in [-0.2, -0.15) is 0 Å². The van der Waals surface area contributed by atoms with Gasteiger partial charge >= 0.3 is 19.8 Å². The molecule has 0 aromatic rings. The van der Waals surface area contributed by atoms with E-state index in [0.717, 1.165) is 25.7 Å². The molecule has 0 aliphatic heterocycles. The minimum atomic E-state index is -4.72. The van der Waals surface area contributed by atoms with Gasteiger partial charge in [0.2, 0.25) is 0 Å². The van der Waals surface area contributed by atoms with E-state index in [9.17, 15) is 14.2 Å². The van der Waals surface area contributed by atoms with E-state index >= 15 is 0 Å². The summed E-state index contributed by atoms with van der Waals surface area (Å²) in [5.41, 5.74) is 0. The van der Waals surface area contributed by atoms with Gasteiger partial charge in [0.1, 0.15) is 6.61 Å². The fourth-order valence-corrected chi connectivity index (χ4v) is 4.53. The minimum Gasteiger partial charge on any atom is -0.462 e. The quantitative estimate of drug-likeness (QED) is 0.0413. The fraction of sp³-hybridized carbons (Fsp3) is 0.867. The molecule has 0 radical (unpaired) electrons. The molecule has 8 nitrogen and oxygen atoms in total. The van der Waals surface area contributed by atoms with Crippen LogP contribution in [0.5, 0.6) is 0 Å². The number of carbonyl (C=O) groups excluding carboxylic acids is 2. The summed E-state index contributed by atoms with van der Waals surface area (Å²) in [6.07, 6.45) is 26.3. The molecular formula is C30H57O8P. The highest BCUT2D eigenvalue weighted by molar-refractivity contribution is 7.46. The van der Waals surface area contributed by atoms with Crippen LogP contribution in [0.4, 0.5) is 0 Å². The van der Waals surface area contributed by atoms with Crippen molar-refractivity contribution in [3.8, 4) is 0 Å². The second-order valence-electron chi connectivity index (χ2n) is 10.4. The number of unbranched alkanes of at least 4 members (excludes halogenated alkanes) is 16. The van der Waals surface area contributed by atoms with Crippen molar-refractivity contribution in [2.45, 2.75) is 155 Å². The number of hydrogen-bond acceptors (Lipinski definition) is 6. The summed E-state index contributed by atoms with van der Waals surface area (Å²) in [6, 6.07) is 0. The maximum absolute atomic E-state index is 12.2. The molecule has 0 saturated carbocycles. The second-order valence-corrected chi connectivity index (χ2v) is 11.7. The third kappa shape index (κ3) is 29.6. The Labute approximate surface area is 237 Å². The van der Waals surface area contributed by atoms with Crippen LogP contribution in [0.15, 0.2) is 12.2 Å². The number of phosphoric ester groups is 1. The van der Waals surface area contributed by atoms with Crippen LogP contribution in [-0.4, -0.2) is 41.0 Å². The molecule has 0 aliphatic carbocycles. The Morgan fingerprint density at radius 3 is 1.62 bits per heavy atom. The predicted octanol–water partition coefficient (Wildman–Crippen LogP) is 8.34. The van der Waals surface area contributed by atoms with Crippen molar-refractivity contribution in [2.75, 3.05) is 13.2 Å². The molecule has 0 rings (SSSR count). The van der Waals surface area contributed by atoms with E-state index in [0.29, 0.717) is 12.8 Å². The zero-order chi connectivity index (χ0) is 29.0. The first-order valence-corrected chi connectivity index (χ1v) is 17.0. The van der Waals surface area contributed by atoms with Gasteiger partial charge < -0.3 is 19.3 Å². The molecular weight excluding hydrogens is 519 g/mol. The molecule has 2 N–H and O–H groups in total. The molecule has 0 amide bonds. The van der Waals surface area contributed by atoms with Crippen molar-refractivity contribution in [1.82, 2.24) is 0 Å². The van der Waals surface area contributed by atoms with Crippen LogP contribution >= 0.6 is 7.82 Å². The maximum atomic E-state index is 12.2. The maximum Gasteiger partial charge on any atom is 0.469 e. The van der Waals surface area contributed by atoms with Crippen LogP contribution in [0, 0.1) is 0 Å². The van der Waals surface area contributed by atoms with Gasteiger partial charge in [-0.15, -0.1) is 0 Å². The lowest BCUT2D eigenvalue weighted by molar-refractivity contribution is -0.161. The van der Waals surface area contributed by atoms with E-state index in [1.54, 1.807) is 0 Å². The summed E-state index contributed by atoms with van der Waals surface area (Å²) >= 11 is 0. The van der Waals surface area contributed by atoms with E-state index in [2.05, 4.69) is 23.6 Å². The van der Waals surface area contributed by atoms with E-state index in [1.807, 2.05) is 6.92 Å². The van der Waals surface area contributed by atoms with Crippen LogP contribution in [0.2, 0.25) is 0 Å². The Bertz CT molecular complexity index is 661. The molecule has 0 bridgehead atoms. The van der Waals surface area contributed by atoms with Crippen molar-refractivity contribution < 1.29 is 37.9 Å². The number of rotatable bonds is 28. The lowest BCUT2D eigenvalue weighted by Crippen LogP contribution is -2.29. The first-order valence-electron chi connectivity index (χ1n) is 15.5. The van der Waals surface area contributed by atoms with Gasteiger partial charge in [-0.1, -0.05) is 109 Å². The van der Waals surface area contributed by atoms with E-state index < -0.39 is 32.5 Å². The SMILES string of the molecule is CCCCCCCC/C=C\CCCCCCCCCCCC(=O)OC(COC(=O)CCCC)COP(=O)(O)O. The number of allylic oxidation sites excluding steroid dienone is 2. The van der Waals surface area contributed by atoms with Gasteiger partial charge in [0, 0.05) is 12.8 Å². The van der Waals surface area contributed by atoms with Crippen molar-refractivity contribution in [1.29, 1.82) is 0 Å². The normalized spacial score (nSPS) is 12.6. The van der Waals surface area contributed by atoms with E-state index in [-0.39, 0.29) is 19.4 Å². The van der Waals surface area contributed by atoms with Gasteiger partial charge in [-0.05, 0) is 38.5 Å². The molecule has 0 fully saturated rings. The number of hydrogen-bond donors (Lipinski definition) is 2. The summed E-state index contributed by atoms with van der Waals surface area (Å²) in [5, 5.41) is 0. The van der Waals surface area contributed by atoms with Gasteiger partial charge in [-0.25, -0.2) is 4.57 Å². The highest BCUT2D eigenvalue weighted by atomic mass is 31.2. The Hall–Kier alpha value is -1.21. The topological polar surface area (TPSA) is 119 Å². The number of phosphoric acid groups is 1. The standard InChI is InChI=1S/C30H57O8P/c1-3-5-7-8-9-10-11-12-13-14-15-16-17-18-19-20-21-22-23-25-30(32)38-28(27-37-39(33,34)35)26-36-29(31)24-6-4-2/h12-13,28H,3-11,14-27H2,1-2H3,(H2,33,34,35)/b13-12-.